The van der Waals surface area contributed by atoms with Gasteiger partial charge in [-0.05, 0) is 38.5 Å². The fourth-order valence-electron chi connectivity index (χ4n) is 1.79. The molecular weight excluding hydrogens is 413 g/mol. The van der Waals surface area contributed by atoms with Gasteiger partial charge in [-0.25, -0.2) is 8.42 Å². The molecule has 0 aromatic heterocycles. The third-order valence-electron chi connectivity index (χ3n) is 3.00. The SMILES string of the molecule is CCNC(=NCCCS(C)(=O)=O)NC(C)CCC(C)(C)C.I. The fourth-order valence-corrected chi connectivity index (χ4v) is 2.45. The molecule has 5 nitrogen and oxygen atoms in total. The lowest BCUT2D eigenvalue weighted by atomic mass is 9.89. The normalized spacial score (nSPS) is 14.2. The van der Waals surface area contributed by atoms with E-state index in [1.807, 2.05) is 6.92 Å². The summed E-state index contributed by atoms with van der Waals surface area (Å²) in [5.41, 5.74) is 0.334. The van der Waals surface area contributed by atoms with E-state index in [1.54, 1.807) is 0 Å². The second-order valence-electron chi connectivity index (χ2n) is 6.89. The lowest BCUT2D eigenvalue weighted by Gasteiger charge is -2.23. The van der Waals surface area contributed by atoms with Crippen LogP contribution in [-0.4, -0.2) is 45.5 Å². The number of aliphatic imine (C=N–C) groups is 1. The molecule has 0 radical (unpaired) electrons. The first kappa shape index (κ1) is 24.2. The molecule has 0 aliphatic heterocycles. The van der Waals surface area contributed by atoms with Crippen LogP contribution in [0.2, 0.25) is 0 Å². The molecule has 0 heterocycles. The molecular formula is C15H34IN3O2S. The number of hydrogen-bond donors (Lipinski definition) is 2. The fraction of sp³-hybridized carbons (Fsp3) is 0.933. The van der Waals surface area contributed by atoms with E-state index in [9.17, 15) is 8.42 Å². The van der Waals surface area contributed by atoms with E-state index in [1.165, 1.54) is 6.26 Å². The third kappa shape index (κ3) is 16.3. The van der Waals surface area contributed by atoms with Gasteiger partial charge in [-0.2, -0.15) is 0 Å². The molecule has 0 bridgehead atoms. The third-order valence-corrected chi connectivity index (χ3v) is 4.03. The van der Waals surface area contributed by atoms with Crippen LogP contribution in [-0.2, 0) is 9.84 Å². The number of sulfone groups is 1. The van der Waals surface area contributed by atoms with Crippen molar-refractivity contribution in [2.24, 2.45) is 10.4 Å². The largest absolute Gasteiger partial charge is 0.357 e. The molecule has 7 heteroatoms. The molecule has 0 aliphatic carbocycles. The molecule has 0 aromatic carbocycles. The van der Waals surface area contributed by atoms with Crippen LogP contribution >= 0.6 is 24.0 Å². The molecule has 0 saturated carbocycles. The highest BCUT2D eigenvalue weighted by Gasteiger charge is 2.13. The van der Waals surface area contributed by atoms with Gasteiger partial charge in [0, 0.05) is 25.4 Å². The Morgan fingerprint density at radius 2 is 1.86 bits per heavy atom. The van der Waals surface area contributed by atoms with Crippen LogP contribution in [0.1, 0.15) is 53.9 Å². The standard InChI is InChI=1S/C15H33N3O2S.HI/c1-7-16-14(17-11-8-12-21(6,19)20)18-13(2)9-10-15(3,4)5;/h13H,7-12H2,1-6H3,(H2,16,17,18);1H. The molecule has 0 aromatic rings. The quantitative estimate of drug-likeness (QED) is 0.260. The summed E-state index contributed by atoms with van der Waals surface area (Å²) in [5, 5.41) is 6.58. The lowest BCUT2D eigenvalue weighted by molar-refractivity contribution is 0.346. The number of rotatable bonds is 8. The van der Waals surface area contributed by atoms with Crippen molar-refractivity contribution in [3.63, 3.8) is 0 Å². The minimum Gasteiger partial charge on any atom is -0.357 e. The average Bonchev–Trinajstić information content (AvgIpc) is 2.30. The Kier molecular flexibility index (Phi) is 12.6. The summed E-state index contributed by atoms with van der Waals surface area (Å²) in [6.45, 7) is 12.2. The molecule has 0 aliphatic rings. The van der Waals surface area contributed by atoms with Gasteiger partial charge in [0.05, 0.1) is 5.75 Å². The minimum absolute atomic E-state index is 0. The summed E-state index contributed by atoms with van der Waals surface area (Å²) in [5.74, 6) is 0.961. The summed E-state index contributed by atoms with van der Waals surface area (Å²) in [6, 6.07) is 0.344. The van der Waals surface area contributed by atoms with Crippen LogP contribution in [0.4, 0.5) is 0 Å². The molecule has 134 valence electrons. The molecule has 2 N–H and O–H groups in total. The summed E-state index contributed by atoms with van der Waals surface area (Å²) >= 11 is 0. The first-order valence-electron chi connectivity index (χ1n) is 7.76. The Labute approximate surface area is 154 Å². The Hall–Kier alpha value is -0.0500. The van der Waals surface area contributed by atoms with Crippen molar-refractivity contribution in [2.45, 2.75) is 59.9 Å². The van der Waals surface area contributed by atoms with Crippen molar-refractivity contribution in [3.05, 3.63) is 0 Å². The monoisotopic (exact) mass is 447 g/mol. The molecule has 1 atom stereocenters. The maximum atomic E-state index is 11.1. The maximum absolute atomic E-state index is 11.1. The topological polar surface area (TPSA) is 70.6 Å². The van der Waals surface area contributed by atoms with Gasteiger partial charge in [-0.15, -0.1) is 24.0 Å². The highest BCUT2D eigenvalue weighted by atomic mass is 127. The van der Waals surface area contributed by atoms with Gasteiger partial charge in [0.25, 0.3) is 0 Å². The Morgan fingerprint density at radius 1 is 1.27 bits per heavy atom. The number of nitrogens with zero attached hydrogens (tertiary/aromatic N) is 1. The number of halogens is 1. The zero-order valence-corrected chi connectivity index (χ0v) is 18.0. The van der Waals surface area contributed by atoms with Gasteiger partial charge in [0.15, 0.2) is 5.96 Å². The van der Waals surface area contributed by atoms with E-state index in [0.717, 1.165) is 25.3 Å². The molecule has 0 spiro atoms. The van der Waals surface area contributed by atoms with Crippen LogP contribution < -0.4 is 10.6 Å². The molecule has 22 heavy (non-hydrogen) atoms. The Morgan fingerprint density at radius 3 is 2.32 bits per heavy atom. The van der Waals surface area contributed by atoms with E-state index in [2.05, 4.69) is 43.3 Å². The van der Waals surface area contributed by atoms with Crippen LogP contribution in [0.5, 0.6) is 0 Å². The van der Waals surface area contributed by atoms with Crippen molar-refractivity contribution >= 4 is 39.8 Å². The number of nitrogens with one attached hydrogen (secondary N) is 2. The smallest absolute Gasteiger partial charge is 0.191 e. The van der Waals surface area contributed by atoms with E-state index < -0.39 is 9.84 Å². The number of guanidine groups is 1. The summed E-state index contributed by atoms with van der Waals surface area (Å²) in [7, 11) is -2.89. The molecule has 0 fully saturated rings. The summed E-state index contributed by atoms with van der Waals surface area (Å²) in [4.78, 5) is 4.43. The predicted octanol–water partition coefficient (Wildman–Crippen LogP) is 2.81. The average molecular weight is 447 g/mol. The zero-order chi connectivity index (χ0) is 16.5. The zero-order valence-electron chi connectivity index (χ0n) is 14.9. The van der Waals surface area contributed by atoms with Crippen molar-refractivity contribution < 1.29 is 8.42 Å². The van der Waals surface area contributed by atoms with Gasteiger partial charge in [0.1, 0.15) is 9.84 Å². The van der Waals surface area contributed by atoms with Gasteiger partial charge in [0.2, 0.25) is 0 Å². The highest BCUT2D eigenvalue weighted by molar-refractivity contribution is 14.0. The van der Waals surface area contributed by atoms with Crippen LogP contribution in [0.3, 0.4) is 0 Å². The molecule has 0 saturated heterocycles. The first-order valence-corrected chi connectivity index (χ1v) is 9.82. The Bertz CT molecular complexity index is 417. The van der Waals surface area contributed by atoms with Gasteiger partial charge in [-0.1, -0.05) is 20.8 Å². The molecule has 0 rings (SSSR count). The maximum Gasteiger partial charge on any atom is 0.191 e. The van der Waals surface area contributed by atoms with Crippen molar-refractivity contribution in [1.29, 1.82) is 0 Å². The summed E-state index contributed by atoms with van der Waals surface area (Å²) in [6.07, 6.45) is 4.05. The second kappa shape index (κ2) is 11.5. The van der Waals surface area contributed by atoms with Crippen LogP contribution in [0, 0.1) is 5.41 Å². The first-order chi connectivity index (χ1) is 9.53. The second-order valence-corrected chi connectivity index (χ2v) is 9.15. The number of hydrogen-bond acceptors (Lipinski definition) is 3. The van der Waals surface area contributed by atoms with E-state index in [-0.39, 0.29) is 29.7 Å². The van der Waals surface area contributed by atoms with Crippen LogP contribution in [0.25, 0.3) is 0 Å². The van der Waals surface area contributed by atoms with Gasteiger partial charge in [-0.3, -0.25) is 4.99 Å². The van der Waals surface area contributed by atoms with Crippen molar-refractivity contribution in [2.75, 3.05) is 25.1 Å². The predicted molar refractivity (Wildman–Crippen MR) is 107 cm³/mol. The Balaban J connectivity index is 0. The van der Waals surface area contributed by atoms with Crippen molar-refractivity contribution in [1.82, 2.24) is 10.6 Å². The summed E-state index contributed by atoms with van der Waals surface area (Å²) < 4.78 is 22.2. The molecule has 0 amide bonds. The van der Waals surface area contributed by atoms with Crippen LogP contribution in [0.15, 0.2) is 4.99 Å². The van der Waals surface area contributed by atoms with E-state index >= 15 is 0 Å². The lowest BCUT2D eigenvalue weighted by Crippen LogP contribution is -2.42. The van der Waals surface area contributed by atoms with E-state index in [0.29, 0.717) is 24.4 Å². The van der Waals surface area contributed by atoms with Gasteiger partial charge >= 0.3 is 0 Å². The van der Waals surface area contributed by atoms with Crippen molar-refractivity contribution in [3.8, 4) is 0 Å². The highest BCUT2D eigenvalue weighted by Crippen LogP contribution is 2.21. The van der Waals surface area contributed by atoms with E-state index in [4.69, 9.17) is 0 Å². The minimum atomic E-state index is -2.89. The van der Waals surface area contributed by atoms with Gasteiger partial charge < -0.3 is 10.6 Å². The molecule has 1 unspecified atom stereocenters.